The number of hydrogen-bond acceptors (Lipinski definition) is 3. The molecule has 0 fully saturated rings. The number of nitrogens with one attached hydrogen (secondary N) is 2. The van der Waals surface area contributed by atoms with Gasteiger partial charge in [0.15, 0.2) is 5.11 Å². The largest absolute Gasteiger partial charge is 0.357 e. The Morgan fingerprint density at radius 1 is 0.925 bits per heavy atom. The first kappa shape index (κ1) is 26.3. The van der Waals surface area contributed by atoms with Crippen LogP contribution in [0.15, 0.2) is 113 Å². The van der Waals surface area contributed by atoms with Crippen LogP contribution in [-0.4, -0.2) is 20.8 Å². The van der Waals surface area contributed by atoms with Gasteiger partial charge in [0.2, 0.25) is 0 Å². The number of aromatic nitrogens is 1. The first-order valence-electron chi connectivity index (χ1n) is 12.8. The lowest BCUT2D eigenvalue weighted by Crippen LogP contribution is -2.36. The van der Waals surface area contributed by atoms with Gasteiger partial charge in [-0.15, -0.1) is 0 Å². The highest BCUT2D eigenvalue weighted by Gasteiger charge is 2.35. The van der Waals surface area contributed by atoms with Crippen molar-refractivity contribution >= 4 is 57.1 Å². The molecule has 5 aromatic rings. The third kappa shape index (κ3) is 5.13. The Balaban J connectivity index is 1.49. The van der Waals surface area contributed by atoms with Crippen molar-refractivity contribution in [3.05, 3.63) is 140 Å². The topological polar surface area (TPSA) is 60.5 Å². The lowest BCUT2D eigenvalue weighted by Gasteiger charge is -2.25. The van der Waals surface area contributed by atoms with Gasteiger partial charge < -0.3 is 10.3 Å². The van der Waals surface area contributed by atoms with Crippen LogP contribution in [0.5, 0.6) is 0 Å². The molecule has 0 spiro atoms. The molecular weight excluding hydrogens is 559 g/mol. The van der Waals surface area contributed by atoms with Gasteiger partial charge in [-0.05, 0) is 53.2 Å². The van der Waals surface area contributed by atoms with Crippen molar-refractivity contribution in [1.29, 1.82) is 0 Å². The van der Waals surface area contributed by atoms with Crippen molar-refractivity contribution in [3.8, 4) is 11.1 Å². The zero-order valence-corrected chi connectivity index (χ0v) is 23.6. The van der Waals surface area contributed by atoms with E-state index >= 15 is 0 Å². The Bertz CT molecular complexity index is 1810. The number of fused-ring (bicyclic) bond motifs is 1. The molecule has 0 unspecified atom stereocenters. The fourth-order valence-corrected chi connectivity index (χ4v) is 5.81. The summed E-state index contributed by atoms with van der Waals surface area (Å²) in [5, 5.41) is 12.6. The van der Waals surface area contributed by atoms with Crippen LogP contribution in [0.1, 0.15) is 29.2 Å². The number of hydrazone groups is 1. The summed E-state index contributed by atoms with van der Waals surface area (Å²) in [5.41, 5.74) is 5.25. The van der Waals surface area contributed by atoms with Crippen LogP contribution in [0.4, 0.5) is 0 Å². The zero-order chi connectivity index (χ0) is 27.6. The van der Waals surface area contributed by atoms with Gasteiger partial charge in [-0.1, -0.05) is 102 Å². The maximum atomic E-state index is 13.7. The molecule has 1 aliphatic rings. The van der Waals surface area contributed by atoms with Crippen molar-refractivity contribution < 1.29 is 0 Å². The number of H-pyrrole nitrogens is 1. The van der Waals surface area contributed by atoms with E-state index in [2.05, 4.69) is 10.3 Å². The van der Waals surface area contributed by atoms with E-state index in [1.807, 2.05) is 97.1 Å². The molecule has 0 radical (unpaired) electrons. The third-order valence-electron chi connectivity index (χ3n) is 7.00. The molecule has 1 atom stereocenters. The van der Waals surface area contributed by atoms with Gasteiger partial charge in [0.1, 0.15) is 0 Å². The SMILES string of the molecule is O=c1[nH]c2ccc(Cl)cc2c(-c2ccccc2)c1C1=NN(C(=S)NCc2ccccc2)[C@@H](c2ccccc2Cl)C1. The smallest absolute Gasteiger partial charge is 0.258 e. The summed E-state index contributed by atoms with van der Waals surface area (Å²) in [6.07, 6.45) is 0.436. The average Bonchev–Trinajstić information content (AvgIpc) is 3.41. The maximum absolute atomic E-state index is 13.7. The zero-order valence-electron chi connectivity index (χ0n) is 21.3. The maximum Gasteiger partial charge on any atom is 0.258 e. The van der Waals surface area contributed by atoms with E-state index < -0.39 is 0 Å². The predicted octanol–water partition coefficient (Wildman–Crippen LogP) is 7.73. The van der Waals surface area contributed by atoms with Gasteiger partial charge in [0.25, 0.3) is 5.56 Å². The van der Waals surface area contributed by atoms with Gasteiger partial charge in [0, 0.05) is 39.5 Å². The molecule has 0 amide bonds. The summed E-state index contributed by atoms with van der Waals surface area (Å²) in [5.74, 6) is 0. The van der Waals surface area contributed by atoms with Crippen molar-refractivity contribution in [1.82, 2.24) is 15.3 Å². The predicted molar refractivity (Wildman–Crippen MR) is 168 cm³/mol. The monoisotopic (exact) mass is 582 g/mol. The van der Waals surface area contributed by atoms with Crippen LogP contribution >= 0.6 is 35.4 Å². The third-order valence-corrected chi connectivity index (χ3v) is 7.91. The van der Waals surface area contributed by atoms with Gasteiger partial charge in [-0.25, -0.2) is 5.01 Å². The highest BCUT2D eigenvalue weighted by atomic mass is 35.5. The molecule has 8 heteroatoms. The molecule has 0 saturated carbocycles. The summed E-state index contributed by atoms with van der Waals surface area (Å²) in [4.78, 5) is 16.8. The van der Waals surface area contributed by atoms with Gasteiger partial charge in [-0.3, -0.25) is 4.79 Å². The van der Waals surface area contributed by atoms with Crippen molar-refractivity contribution in [2.24, 2.45) is 5.10 Å². The Hall–Kier alpha value is -3.97. The van der Waals surface area contributed by atoms with Crippen molar-refractivity contribution in [3.63, 3.8) is 0 Å². The normalized spacial score (nSPS) is 14.8. The number of halogens is 2. The first-order valence-corrected chi connectivity index (χ1v) is 14.0. The van der Waals surface area contributed by atoms with Crippen molar-refractivity contribution in [2.45, 2.75) is 19.0 Å². The fraction of sp³-hybridized carbons (Fsp3) is 0.0938. The fourth-order valence-electron chi connectivity index (χ4n) is 5.14. The molecular formula is C32H24Cl2N4OS. The van der Waals surface area contributed by atoms with E-state index in [1.165, 1.54) is 0 Å². The Morgan fingerprint density at radius 3 is 2.38 bits per heavy atom. The molecule has 4 aromatic carbocycles. The van der Waals surface area contributed by atoms with E-state index in [1.54, 1.807) is 11.1 Å². The van der Waals surface area contributed by atoms with Crippen molar-refractivity contribution in [2.75, 3.05) is 0 Å². The van der Waals surface area contributed by atoms with E-state index in [4.69, 9.17) is 40.5 Å². The number of rotatable bonds is 5. The van der Waals surface area contributed by atoms with Crippen LogP contribution in [0.2, 0.25) is 10.0 Å². The molecule has 40 heavy (non-hydrogen) atoms. The van der Waals surface area contributed by atoms with Crippen LogP contribution in [0.25, 0.3) is 22.0 Å². The number of aromatic amines is 1. The minimum Gasteiger partial charge on any atom is -0.357 e. The van der Waals surface area contributed by atoms with Crippen LogP contribution in [0.3, 0.4) is 0 Å². The molecule has 2 heterocycles. The van der Waals surface area contributed by atoms with Gasteiger partial charge in [-0.2, -0.15) is 5.10 Å². The van der Waals surface area contributed by atoms with E-state index in [0.717, 1.165) is 27.6 Å². The second-order valence-electron chi connectivity index (χ2n) is 9.54. The quantitative estimate of drug-likeness (QED) is 0.208. The Labute approximate surface area is 247 Å². The number of hydrogen-bond donors (Lipinski definition) is 2. The number of nitrogens with zero attached hydrogens (tertiary/aromatic N) is 2. The molecule has 1 aromatic heterocycles. The summed E-state index contributed by atoms with van der Waals surface area (Å²) >= 11 is 19.0. The lowest BCUT2D eigenvalue weighted by atomic mass is 9.91. The molecule has 1 aliphatic heterocycles. The molecule has 5 nitrogen and oxygen atoms in total. The standard InChI is InChI=1S/C32H24Cl2N4OS/c33-22-15-16-26-24(17-22)29(21-11-5-2-6-12-21)30(31(39)36-26)27-18-28(23-13-7-8-14-25(23)34)38(37-27)32(40)35-19-20-9-3-1-4-10-20/h1-17,28H,18-19H2,(H,35,40)(H,36,39)/t28-/m1/s1. The highest BCUT2D eigenvalue weighted by molar-refractivity contribution is 7.80. The molecule has 0 bridgehead atoms. The van der Waals surface area contributed by atoms with Crippen LogP contribution in [0, 0.1) is 0 Å². The number of thiocarbonyl (C=S) groups is 1. The number of benzene rings is 4. The van der Waals surface area contributed by atoms with Crippen LogP contribution in [-0.2, 0) is 6.54 Å². The number of pyridine rings is 1. The second kappa shape index (κ2) is 11.3. The minimum absolute atomic E-state index is 0.227. The Kier molecular flexibility index (Phi) is 7.39. The van der Waals surface area contributed by atoms with E-state index in [-0.39, 0.29) is 11.6 Å². The van der Waals surface area contributed by atoms with E-state index in [9.17, 15) is 4.79 Å². The highest BCUT2D eigenvalue weighted by Crippen LogP contribution is 2.39. The summed E-state index contributed by atoms with van der Waals surface area (Å²) in [7, 11) is 0. The van der Waals surface area contributed by atoms with E-state index in [0.29, 0.717) is 44.9 Å². The minimum atomic E-state index is -0.294. The van der Waals surface area contributed by atoms with Gasteiger partial charge >= 0.3 is 0 Å². The molecule has 198 valence electrons. The summed E-state index contributed by atoms with van der Waals surface area (Å²) < 4.78 is 0. The summed E-state index contributed by atoms with van der Waals surface area (Å²) in [6.45, 7) is 0.542. The molecule has 0 saturated heterocycles. The van der Waals surface area contributed by atoms with Gasteiger partial charge in [0.05, 0.1) is 17.3 Å². The molecule has 6 rings (SSSR count). The molecule has 0 aliphatic carbocycles. The van der Waals surface area contributed by atoms with Crippen LogP contribution < -0.4 is 10.9 Å². The average molecular weight is 584 g/mol. The lowest BCUT2D eigenvalue weighted by molar-refractivity contribution is 0.364. The Morgan fingerprint density at radius 2 is 1.62 bits per heavy atom. The second-order valence-corrected chi connectivity index (χ2v) is 10.8. The molecule has 2 N–H and O–H groups in total. The first-order chi connectivity index (χ1) is 19.5. The summed E-state index contributed by atoms with van der Waals surface area (Å²) in [6, 6.07) is 32.7.